The molecule has 0 bridgehead atoms. The zero-order valence-corrected chi connectivity index (χ0v) is 12.3. The zero-order chi connectivity index (χ0) is 12.3. The summed E-state index contributed by atoms with van der Waals surface area (Å²) in [4.78, 5) is 2.75. The van der Waals surface area contributed by atoms with Crippen molar-refractivity contribution < 1.29 is 0 Å². The first kappa shape index (κ1) is 13.7. The smallest absolute Gasteiger partial charge is 0.0357 e. The average molecular weight is 256 g/mol. The van der Waals surface area contributed by atoms with Gasteiger partial charge in [-0.25, -0.2) is 0 Å². The summed E-state index contributed by atoms with van der Waals surface area (Å²) < 4.78 is 0. The lowest BCUT2D eigenvalue weighted by Gasteiger charge is -2.43. The monoisotopic (exact) mass is 256 g/mol. The third-order valence-corrected chi connectivity index (χ3v) is 6.08. The van der Waals surface area contributed by atoms with Gasteiger partial charge >= 0.3 is 0 Å². The van der Waals surface area contributed by atoms with Crippen LogP contribution in [0.3, 0.4) is 0 Å². The van der Waals surface area contributed by atoms with Crippen molar-refractivity contribution in [2.75, 3.05) is 25.9 Å². The van der Waals surface area contributed by atoms with Crippen LogP contribution in [-0.4, -0.2) is 41.6 Å². The van der Waals surface area contributed by atoms with E-state index < -0.39 is 0 Å². The van der Waals surface area contributed by atoms with E-state index in [-0.39, 0.29) is 0 Å². The lowest BCUT2D eigenvalue weighted by molar-refractivity contribution is 0.0718. The standard InChI is InChI=1S/C14H28N2S/c1-3-14(11-15,12-6-7-12)16-9-4-5-13(17-2)8-10-16/h12-13H,3-11,15H2,1-2H3. The number of likely N-dealkylation sites (tertiary alicyclic amines) is 1. The van der Waals surface area contributed by atoms with Gasteiger partial charge in [-0.15, -0.1) is 0 Å². The molecule has 1 aliphatic heterocycles. The Kier molecular flexibility index (Phi) is 4.79. The minimum atomic E-state index is 0.341. The van der Waals surface area contributed by atoms with Gasteiger partial charge in [-0.2, -0.15) is 11.8 Å². The minimum Gasteiger partial charge on any atom is -0.329 e. The summed E-state index contributed by atoms with van der Waals surface area (Å²) in [5, 5.41) is 0.881. The maximum atomic E-state index is 6.16. The van der Waals surface area contributed by atoms with E-state index in [1.165, 1.54) is 51.6 Å². The number of hydrogen-bond acceptors (Lipinski definition) is 3. The molecule has 1 saturated carbocycles. The highest BCUT2D eigenvalue weighted by Crippen LogP contribution is 2.45. The molecule has 0 aromatic heterocycles. The molecule has 2 aliphatic rings. The minimum absolute atomic E-state index is 0.341. The molecule has 2 fully saturated rings. The summed E-state index contributed by atoms with van der Waals surface area (Å²) in [5.41, 5.74) is 6.50. The molecule has 100 valence electrons. The third kappa shape index (κ3) is 2.82. The van der Waals surface area contributed by atoms with E-state index in [0.717, 1.165) is 17.7 Å². The van der Waals surface area contributed by atoms with E-state index in [9.17, 15) is 0 Å². The molecule has 2 nitrogen and oxygen atoms in total. The summed E-state index contributed by atoms with van der Waals surface area (Å²) in [6.45, 7) is 5.74. The second-order valence-electron chi connectivity index (χ2n) is 5.71. The molecule has 0 spiro atoms. The summed E-state index contributed by atoms with van der Waals surface area (Å²) in [6, 6.07) is 0. The molecule has 0 radical (unpaired) electrons. The topological polar surface area (TPSA) is 29.3 Å². The molecule has 0 aromatic carbocycles. The fraction of sp³-hybridized carbons (Fsp3) is 1.00. The summed E-state index contributed by atoms with van der Waals surface area (Å²) in [7, 11) is 0. The van der Waals surface area contributed by atoms with E-state index >= 15 is 0 Å². The Hall–Kier alpha value is 0.270. The van der Waals surface area contributed by atoms with Crippen LogP contribution in [0.2, 0.25) is 0 Å². The molecular weight excluding hydrogens is 228 g/mol. The Morgan fingerprint density at radius 3 is 2.53 bits per heavy atom. The van der Waals surface area contributed by atoms with Gasteiger partial charge in [0.05, 0.1) is 0 Å². The fourth-order valence-electron chi connectivity index (χ4n) is 3.58. The van der Waals surface area contributed by atoms with Crippen molar-refractivity contribution >= 4 is 11.8 Å². The van der Waals surface area contributed by atoms with Crippen LogP contribution >= 0.6 is 11.8 Å². The predicted octanol–water partition coefficient (Wildman–Crippen LogP) is 2.72. The van der Waals surface area contributed by atoms with Gasteiger partial charge in [0.2, 0.25) is 0 Å². The van der Waals surface area contributed by atoms with Crippen LogP contribution in [-0.2, 0) is 0 Å². The first-order chi connectivity index (χ1) is 8.26. The number of nitrogens with zero attached hydrogens (tertiary/aromatic N) is 1. The molecule has 1 saturated heterocycles. The van der Waals surface area contributed by atoms with E-state index in [4.69, 9.17) is 5.73 Å². The highest BCUT2D eigenvalue weighted by Gasteiger charge is 2.46. The number of hydrogen-bond donors (Lipinski definition) is 1. The van der Waals surface area contributed by atoms with Crippen molar-refractivity contribution in [1.82, 2.24) is 4.90 Å². The van der Waals surface area contributed by atoms with Gasteiger partial charge in [0, 0.05) is 17.3 Å². The molecule has 0 amide bonds. The van der Waals surface area contributed by atoms with Crippen LogP contribution in [0.5, 0.6) is 0 Å². The Morgan fingerprint density at radius 2 is 2.00 bits per heavy atom. The van der Waals surface area contributed by atoms with Gasteiger partial charge in [0.25, 0.3) is 0 Å². The van der Waals surface area contributed by atoms with Gasteiger partial charge < -0.3 is 5.73 Å². The van der Waals surface area contributed by atoms with E-state index in [1.54, 1.807) is 0 Å². The molecule has 1 heterocycles. The molecular formula is C14H28N2S. The van der Waals surface area contributed by atoms with Crippen molar-refractivity contribution in [3.63, 3.8) is 0 Å². The van der Waals surface area contributed by atoms with Crippen molar-refractivity contribution in [2.45, 2.75) is 56.2 Å². The molecule has 3 heteroatoms. The summed E-state index contributed by atoms with van der Waals surface area (Å²) in [6.07, 6.45) is 10.4. The van der Waals surface area contributed by atoms with Gasteiger partial charge in [-0.3, -0.25) is 4.90 Å². The largest absolute Gasteiger partial charge is 0.329 e. The van der Waals surface area contributed by atoms with Crippen LogP contribution in [0.1, 0.15) is 45.4 Å². The normalized spacial score (nSPS) is 30.9. The van der Waals surface area contributed by atoms with E-state index in [0.29, 0.717) is 5.54 Å². The first-order valence-electron chi connectivity index (χ1n) is 7.24. The highest BCUT2D eigenvalue weighted by atomic mass is 32.2. The van der Waals surface area contributed by atoms with E-state index in [1.807, 2.05) is 0 Å². The molecule has 2 rings (SSSR count). The molecule has 2 N–H and O–H groups in total. The lowest BCUT2D eigenvalue weighted by atomic mass is 9.87. The summed E-state index contributed by atoms with van der Waals surface area (Å²) in [5.74, 6) is 0.892. The zero-order valence-electron chi connectivity index (χ0n) is 11.5. The molecule has 0 aromatic rings. The van der Waals surface area contributed by atoms with Crippen LogP contribution in [0.25, 0.3) is 0 Å². The highest BCUT2D eigenvalue weighted by molar-refractivity contribution is 7.99. The van der Waals surface area contributed by atoms with Crippen molar-refractivity contribution in [3.8, 4) is 0 Å². The Labute approximate surface area is 111 Å². The van der Waals surface area contributed by atoms with Gasteiger partial charge in [-0.1, -0.05) is 6.92 Å². The average Bonchev–Trinajstić information content (AvgIpc) is 3.18. The second-order valence-corrected chi connectivity index (χ2v) is 6.85. The van der Waals surface area contributed by atoms with Gasteiger partial charge in [-0.05, 0) is 63.8 Å². The van der Waals surface area contributed by atoms with Crippen LogP contribution in [0, 0.1) is 5.92 Å². The third-order valence-electron chi connectivity index (χ3n) is 4.94. The molecule has 2 unspecified atom stereocenters. The first-order valence-corrected chi connectivity index (χ1v) is 8.53. The molecule has 1 aliphatic carbocycles. The SMILES string of the molecule is CCC(CN)(C1CC1)N1CCCC(SC)CC1. The van der Waals surface area contributed by atoms with Crippen molar-refractivity contribution in [3.05, 3.63) is 0 Å². The second kappa shape index (κ2) is 5.94. The van der Waals surface area contributed by atoms with Crippen LogP contribution in [0.15, 0.2) is 0 Å². The Balaban J connectivity index is 2.03. The van der Waals surface area contributed by atoms with Crippen LogP contribution < -0.4 is 5.73 Å². The van der Waals surface area contributed by atoms with Crippen molar-refractivity contribution in [2.24, 2.45) is 11.7 Å². The van der Waals surface area contributed by atoms with Gasteiger partial charge in [0.15, 0.2) is 0 Å². The predicted molar refractivity (Wildman–Crippen MR) is 77.5 cm³/mol. The Bertz CT molecular complexity index is 236. The maximum Gasteiger partial charge on any atom is 0.0357 e. The fourth-order valence-corrected chi connectivity index (χ4v) is 4.32. The van der Waals surface area contributed by atoms with Crippen molar-refractivity contribution in [1.29, 1.82) is 0 Å². The van der Waals surface area contributed by atoms with Crippen LogP contribution in [0.4, 0.5) is 0 Å². The van der Waals surface area contributed by atoms with Gasteiger partial charge in [0.1, 0.15) is 0 Å². The lowest BCUT2D eigenvalue weighted by Crippen LogP contribution is -2.55. The molecule has 17 heavy (non-hydrogen) atoms. The van der Waals surface area contributed by atoms with E-state index in [2.05, 4.69) is 29.8 Å². The number of rotatable bonds is 5. The summed E-state index contributed by atoms with van der Waals surface area (Å²) >= 11 is 2.05. The Morgan fingerprint density at radius 1 is 1.24 bits per heavy atom. The quantitative estimate of drug-likeness (QED) is 0.820. The number of nitrogens with two attached hydrogens (primary N) is 1. The number of thioether (sulfide) groups is 1. The maximum absolute atomic E-state index is 6.16. The molecule has 2 atom stereocenters.